The molecule has 1 aromatic rings. The Morgan fingerprint density at radius 2 is 2.27 bits per heavy atom. The van der Waals surface area contributed by atoms with Crippen LogP contribution >= 0.6 is 23.3 Å². The molecule has 0 spiro atoms. The van der Waals surface area contributed by atoms with E-state index in [0.29, 0.717) is 0 Å². The van der Waals surface area contributed by atoms with Gasteiger partial charge in [0.15, 0.2) is 0 Å². The van der Waals surface area contributed by atoms with Crippen LogP contribution in [0.25, 0.3) is 0 Å². The fourth-order valence-electron chi connectivity index (χ4n) is 1.08. The zero-order valence-corrected chi connectivity index (χ0v) is 9.80. The minimum absolute atomic E-state index is 1.10. The predicted octanol–water partition coefficient (Wildman–Crippen LogP) is 5.00. The van der Waals surface area contributed by atoms with Gasteiger partial charge in [-0.25, -0.2) is 0 Å². The van der Waals surface area contributed by atoms with Gasteiger partial charge >= 0.3 is 0 Å². The summed E-state index contributed by atoms with van der Waals surface area (Å²) >= 11 is 0. The molecule has 11 heavy (non-hydrogen) atoms. The zero-order valence-electron chi connectivity index (χ0n) is 7.01. The fraction of sp³-hybridized carbons (Fsp3) is 0.750. The Hall–Kier alpha value is 0.640. The van der Waals surface area contributed by atoms with Crippen LogP contribution in [0.4, 0.5) is 0 Å². The summed E-state index contributed by atoms with van der Waals surface area (Å²) in [6.45, 7) is 2.27. The first kappa shape index (κ1) is 9.73. The van der Waals surface area contributed by atoms with Gasteiger partial charge in [-0.15, -0.1) is 7.87 Å². The van der Waals surface area contributed by atoms with Crippen LogP contribution in [-0.4, -0.2) is 0 Å². The van der Waals surface area contributed by atoms with E-state index in [2.05, 4.69) is 12.7 Å². The molecular weight excluding hydrogens is 189 g/mol. The SMILES string of the molecule is CCCCCCc1c[pH]pp1. The number of rotatable bonds is 5. The Morgan fingerprint density at radius 3 is 2.91 bits per heavy atom. The van der Waals surface area contributed by atoms with Gasteiger partial charge in [0.25, 0.3) is 0 Å². The van der Waals surface area contributed by atoms with Crippen molar-refractivity contribution in [2.75, 3.05) is 0 Å². The third-order valence-electron chi connectivity index (χ3n) is 1.75. The molecule has 0 aliphatic carbocycles. The molecule has 0 fully saturated rings. The monoisotopic (exact) mass is 204 g/mol. The molecule has 62 valence electrons. The number of unbranched alkanes of at least 4 members (excludes halogenated alkanes) is 3. The van der Waals surface area contributed by atoms with Crippen molar-refractivity contribution in [3.8, 4) is 0 Å². The highest BCUT2D eigenvalue weighted by atomic mass is 32.1. The second kappa shape index (κ2) is 6.19. The maximum Gasteiger partial charge on any atom is -0.0118 e. The summed E-state index contributed by atoms with van der Waals surface area (Å²) in [5.74, 6) is 2.45. The van der Waals surface area contributed by atoms with Gasteiger partial charge in [0.05, 0.1) is 0 Å². The second-order valence-corrected chi connectivity index (χ2v) is 8.07. The summed E-state index contributed by atoms with van der Waals surface area (Å²) in [6, 6.07) is 0. The summed E-state index contributed by atoms with van der Waals surface area (Å²) < 4.78 is 0. The fourth-order valence-corrected chi connectivity index (χ4v) is 6.82. The molecule has 1 atom stereocenters. The second-order valence-electron chi connectivity index (χ2n) is 2.78. The van der Waals surface area contributed by atoms with Gasteiger partial charge in [0.1, 0.15) is 0 Å². The predicted molar refractivity (Wildman–Crippen MR) is 58.8 cm³/mol. The minimum Gasteiger partial charge on any atom is -0.105 e. The molecule has 0 bridgehead atoms. The van der Waals surface area contributed by atoms with Crippen LogP contribution in [-0.2, 0) is 6.42 Å². The van der Waals surface area contributed by atoms with Gasteiger partial charge in [-0.2, -0.15) is 0 Å². The Bertz CT molecular complexity index is 169. The molecule has 0 aromatic carbocycles. The summed E-state index contributed by atoms with van der Waals surface area (Å²) in [5.41, 5.74) is 0. The van der Waals surface area contributed by atoms with E-state index in [1.54, 1.807) is 20.7 Å². The van der Waals surface area contributed by atoms with Crippen LogP contribution < -0.4 is 0 Å². The van der Waals surface area contributed by atoms with E-state index in [1.807, 2.05) is 0 Å². The van der Waals surface area contributed by atoms with Gasteiger partial charge < -0.3 is 0 Å². The molecule has 0 amide bonds. The smallest absolute Gasteiger partial charge is 0.0118 e. The Labute approximate surface area is 73.9 Å². The van der Waals surface area contributed by atoms with E-state index in [1.165, 1.54) is 32.1 Å². The van der Waals surface area contributed by atoms with E-state index in [4.69, 9.17) is 0 Å². The average Bonchev–Trinajstić information content (AvgIpc) is 2.50. The van der Waals surface area contributed by atoms with Gasteiger partial charge in [0, 0.05) is 0 Å². The van der Waals surface area contributed by atoms with Crippen LogP contribution in [0, 0.1) is 0 Å². The summed E-state index contributed by atoms with van der Waals surface area (Å²) in [6.07, 6.45) is 7.01. The number of aryl methyl sites for hydroxylation is 1. The maximum absolute atomic E-state index is 2.45. The average molecular weight is 204 g/mol. The topological polar surface area (TPSA) is 0 Å². The van der Waals surface area contributed by atoms with Crippen LogP contribution in [0.3, 0.4) is 0 Å². The molecule has 1 aromatic heterocycles. The third kappa shape index (κ3) is 4.27. The molecule has 1 unspecified atom stereocenters. The van der Waals surface area contributed by atoms with Crippen molar-refractivity contribution in [1.29, 1.82) is 0 Å². The van der Waals surface area contributed by atoms with Crippen LogP contribution in [0.1, 0.15) is 37.9 Å². The molecular formula is C8H15P3. The first-order valence-corrected chi connectivity index (χ1v) is 8.70. The summed E-state index contributed by atoms with van der Waals surface area (Å²) in [4.78, 5) is 0. The zero-order chi connectivity index (χ0) is 7.94. The Kier molecular flexibility index (Phi) is 5.47. The summed E-state index contributed by atoms with van der Waals surface area (Å²) in [7, 11) is 4.33. The first-order chi connectivity index (χ1) is 5.43. The highest BCUT2D eigenvalue weighted by Crippen LogP contribution is 2.37. The molecule has 1 rings (SSSR count). The number of hydrogen-bond acceptors (Lipinski definition) is 0. The highest BCUT2D eigenvalue weighted by Gasteiger charge is 1.92. The molecule has 0 aliphatic rings. The largest absolute Gasteiger partial charge is 0.105 e. The third-order valence-corrected chi connectivity index (χ3v) is 7.04. The van der Waals surface area contributed by atoms with Crippen LogP contribution in [0.15, 0.2) is 5.80 Å². The van der Waals surface area contributed by atoms with E-state index in [9.17, 15) is 0 Å². The Balaban J connectivity index is 2.04. The van der Waals surface area contributed by atoms with Crippen molar-refractivity contribution in [3.05, 3.63) is 11.1 Å². The summed E-state index contributed by atoms with van der Waals surface area (Å²) in [5, 5.41) is 1.71. The van der Waals surface area contributed by atoms with Crippen molar-refractivity contribution in [3.63, 3.8) is 0 Å². The van der Waals surface area contributed by atoms with Crippen molar-refractivity contribution >= 4 is 23.3 Å². The van der Waals surface area contributed by atoms with Crippen molar-refractivity contribution in [2.45, 2.75) is 39.0 Å². The molecule has 0 nitrogen and oxygen atoms in total. The van der Waals surface area contributed by atoms with E-state index >= 15 is 0 Å². The molecule has 0 N–H and O–H groups in total. The lowest BCUT2D eigenvalue weighted by Crippen LogP contribution is -1.79. The molecule has 0 aliphatic heterocycles. The van der Waals surface area contributed by atoms with E-state index in [0.717, 1.165) is 7.87 Å². The van der Waals surface area contributed by atoms with Crippen molar-refractivity contribution in [1.82, 2.24) is 0 Å². The van der Waals surface area contributed by atoms with E-state index in [-0.39, 0.29) is 0 Å². The first-order valence-electron chi connectivity index (χ1n) is 4.29. The standard InChI is InChI=1S/C8H15P3/c1-2-3-4-5-6-8-7-9-11-10-8/h7,9H,2-6H2,1H3. The van der Waals surface area contributed by atoms with Gasteiger partial charge in [-0.05, 0) is 39.4 Å². The molecule has 0 saturated heterocycles. The normalized spacial score (nSPS) is 12.5. The lowest BCUT2D eigenvalue weighted by molar-refractivity contribution is 0.670. The van der Waals surface area contributed by atoms with Gasteiger partial charge in [-0.3, -0.25) is 0 Å². The molecule has 0 saturated carbocycles. The van der Waals surface area contributed by atoms with Crippen LogP contribution in [0.2, 0.25) is 0 Å². The quantitative estimate of drug-likeness (QED) is 0.592. The lowest BCUT2D eigenvalue weighted by Gasteiger charge is -1.95. The van der Waals surface area contributed by atoms with E-state index < -0.39 is 0 Å². The van der Waals surface area contributed by atoms with Crippen molar-refractivity contribution in [2.24, 2.45) is 0 Å². The van der Waals surface area contributed by atoms with Crippen molar-refractivity contribution < 1.29 is 0 Å². The minimum atomic E-state index is 1.10. The highest BCUT2D eigenvalue weighted by molar-refractivity contribution is 8.17. The van der Waals surface area contributed by atoms with Crippen LogP contribution in [0.5, 0.6) is 0 Å². The van der Waals surface area contributed by atoms with Gasteiger partial charge in [0.2, 0.25) is 0 Å². The van der Waals surface area contributed by atoms with Gasteiger partial charge in [-0.1, -0.05) is 26.2 Å². The molecule has 3 heteroatoms. The Morgan fingerprint density at radius 1 is 1.36 bits per heavy atom. The number of hydrogen-bond donors (Lipinski definition) is 0. The lowest BCUT2D eigenvalue weighted by atomic mass is 10.1. The molecule has 1 heterocycles. The molecule has 0 radical (unpaired) electrons. The maximum atomic E-state index is 2.45.